The highest BCUT2D eigenvalue weighted by molar-refractivity contribution is 5.78. The van der Waals surface area contributed by atoms with E-state index in [-0.39, 0.29) is 0 Å². The minimum atomic E-state index is 0.293. The van der Waals surface area contributed by atoms with Crippen LogP contribution in [-0.2, 0) is 4.79 Å². The van der Waals surface area contributed by atoms with Gasteiger partial charge in [-0.3, -0.25) is 4.79 Å². The van der Waals surface area contributed by atoms with Gasteiger partial charge in [0.1, 0.15) is 5.78 Å². The van der Waals surface area contributed by atoms with Gasteiger partial charge in [0.15, 0.2) is 0 Å². The van der Waals surface area contributed by atoms with Gasteiger partial charge in [0.25, 0.3) is 0 Å². The fourth-order valence-electron chi connectivity index (χ4n) is 1.50. The maximum atomic E-state index is 10.9. The fourth-order valence-corrected chi connectivity index (χ4v) is 1.50. The maximum absolute atomic E-state index is 10.9. The van der Waals surface area contributed by atoms with Gasteiger partial charge in [-0.1, -0.05) is 0 Å². The van der Waals surface area contributed by atoms with Crippen molar-refractivity contribution >= 4 is 5.78 Å². The molecule has 0 aromatic heterocycles. The van der Waals surface area contributed by atoms with Crippen LogP contribution >= 0.6 is 0 Å². The van der Waals surface area contributed by atoms with Crippen LogP contribution in [0.25, 0.3) is 0 Å². The molecule has 0 saturated carbocycles. The first kappa shape index (κ1) is 7.73. The molecular weight excluding hydrogens is 126 g/mol. The first-order valence-corrected chi connectivity index (χ1v) is 3.87. The predicted molar refractivity (Wildman–Crippen MR) is 39.5 cm³/mol. The lowest BCUT2D eigenvalue weighted by molar-refractivity contribution is -0.861. The Labute approximate surface area is 62.2 Å². The van der Waals surface area contributed by atoms with E-state index in [9.17, 15) is 4.79 Å². The van der Waals surface area contributed by atoms with E-state index in [1.54, 1.807) is 6.92 Å². The molecule has 0 aromatic rings. The molecule has 0 amide bonds. The van der Waals surface area contributed by atoms with E-state index in [2.05, 4.69) is 7.05 Å². The van der Waals surface area contributed by atoms with Gasteiger partial charge in [0.05, 0.1) is 19.0 Å². The number of hydrogen-bond donors (Lipinski definition) is 1. The zero-order chi connectivity index (χ0) is 7.56. The molecule has 0 aromatic carbocycles. The van der Waals surface area contributed by atoms with Crippen LogP contribution in [0.2, 0.25) is 0 Å². The second kappa shape index (κ2) is 3.15. The topological polar surface area (TPSA) is 21.5 Å². The van der Waals surface area contributed by atoms with E-state index in [1.165, 1.54) is 4.90 Å². The highest BCUT2D eigenvalue weighted by Gasteiger charge is 2.20. The molecule has 58 valence electrons. The largest absolute Gasteiger partial charge is 0.467 e. The molecule has 1 fully saturated rings. The summed E-state index contributed by atoms with van der Waals surface area (Å²) in [5.41, 5.74) is 0. The Balaban J connectivity index is 2.39. The van der Waals surface area contributed by atoms with Crippen LogP contribution in [0.15, 0.2) is 0 Å². The summed E-state index contributed by atoms with van der Waals surface area (Å²) in [5, 5.41) is 0. The Hall–Kier alpha value is -0.370. The second-order valence-corrected chi connectivity index (χ2v) is 3.15. The number of ketones is 1. The third-order valence-corrected chi connectivity index (χ3v) is 2.19. The Morgan fingerprint density at radius 1 is 1.70 bits per heavy atom. The van der Waals surface area contributed by atoms with Crippen LogP contribution < -0.4 is 4.90 Å². The molecule has 10 heavy (non-hydrogen) atoms. The smallest absolute Gasteiger partial charge is 0.138 e. The van der Waals surface area contributed by atoms with E-state index >= 15 is 0 Å². The number of carbonyl (C=O) groups is 1. The van der Waals surface area contributed by atoms with Crippen molar-refractivity contribution in [3.05, 3.63) is 7.05 Å². The maximum Gasteiger partial charge on any atom is 0.138 e. The standard InChI is InChI=1S/C8H15NO/c1-7(10)8-4-3-5-9(2)6-8/h8-9H,2-6H2,1H3. The summed E-state index contributed by atoms with van der Waals surface area (Å²) >= 11 is 0. The monoisotopic (exact) mass is 141 g/mol. The minimum Gasteiger partial charge on any atom is -0.467 e. The van der Waals surface area contributed by atoms with Gasteiger partial charge in [-0.05, 0) is 19.8 Å². The van der Waals surface area contributed by atoms with Crippen LogP contribution in [0.4, 0.5) is 0 Å². The first-order chi connectivity index (χ1) is 4.70. The van der Waals surface area contributed by atoms with Crippen LogP contribution in [-0.4, -0.2) is 18.9 Å². The third-order valence-electron chi connectivity index (χ3n) is 2.19. The van der Waals surface area contributed by atoms with E-state index in [0.717, 1.165) is 25.9 Å². The molecule has 2 atom stereocenters. The summed E-state index contributed by atoms with van der Waals surface area (Å²) < 4.78 is 0. The predicted octanol–water partition coefficient (Wildman–Crippen LogP) is -0.338. The van der Waals surface area contributed by atoms with Gasteiger partial charge in [-0.25, -0.2) is 0 Å². The number of quaternary nitrogens is 1. The third kappa shape index (κ3) is 1.81. The van der Waals surface area contributed by atoms with E-state index in [0.29, 0.717) is 11.7 Å². The molecule has 1 heterocycles. The van der Waals surface area contributed by atoms with Gasteiger partial charge in [0, 0.05) is 0 Å². The molecule has 2 nitrogen and oxygen atoms in total. The van der Waals surface area contributed by atoms with Crippen molar-refractivity contribution < 1.29 is 9.69 Å². The number of carbonyl (C=O) groups excluding carboxylic acids is 1. The van der Waals surface area contributed by atoms with Crippen LogP contribution in [0.5, 0.6) is 0 Å². The Morgan fingerprint density at radius 2 is 2.40 bits per heavy atom. The number of Topliss-reactive ketones (excluding diaryl/α,β-unsaturated/α-hetero) is 1. The Kier molecular flexibility index (Phi) is 2.44. The summed E-state index contributed by atoms with van der Waals surface area (Å²) in [6.07, 6.45) is 2.23. The summed E-state index contributed by atoms with van der Waals surface area (Å²) in [4.78, 5) is 12.2. The van der Waals surface area contributed by atoms with Crippen molar-refractivity contribution in [2.24, 2.45) is 5.92 Å². The molecule has 2 unspecified atom stereocenters. The Morgan fingerprint density at radius 3 is 2.80 bits per heavy atom. The van der Waals surface area contributed by atoms with E-state index in [4.69, 9.17) is 0 Å². The van der Waals surface area contributed by atoms with Crippen LogP contribution in [0, 0.1) is 13.0 Å². The van der Waals surface area contributed by atoms with Gasteiger partial charge < -0.3 is 4.90 Å². The summed E-state index contributed by atoms with van der Waals surface area (Å²) in [7, 11) is 3.89. The van der Waals surface area contributed by atoms with Crippen molar-refractivity contribution in [3.8, 4) is 0 Å². The SMILES string of the molecule is [CH2-][NH+]1CCCC(C(C)=O)C1. The molecule has 0 spiro atoms. The highest BCUT2D eigenvalue weighted by atomic mass is 16.1. The second-order valence-electron chi connectivity index (χ2n) is 3.15. The lowest BCUT2D eigenvalue weighted by atomic mass is 9.95. The molecule has 1 aliphatic heterocycles. The average Bonchev–Trinajstić information content (AvgIpc) is 1.88. The molecule has 0 radical (unpaired) electrons. The number of piperidine rings is 1. The van der Waals surface area contributed by atoms with E-state index in [1.807, 2.05) is 0 Å². The van der Waals surface area contributed by atoms with E-state index < -0.39 is 0 Å². The average molecular weight is 141 g/mol. The lowest BCUT2D eigenvalue weighted by Crippen LogP contribution is -3.08. The van der Waals surface area contributed by atoms with Gasteiger partial charge in [0.2, 0.25) is 0 Å². The minimum absolute atomic E-state index is 0.293. The zero-order valence-electron chi connectivity index (χ0n) is 6.52. The lowest BCUT2D eigenvalue weighted by Gasteiger charge is -2.30. The van der Waals surface area contributed by atoms with Crippen molar-refractivity contribution in [2.75, 3.05) is 13.1 Å². The van der Waals surface area contributed by atoms with Crippen molar-refractivity contribution in [1.82, 2.24) is 0 Å². The fraction of sp³-hybridized carbons (Fsp3) is 0.750. The molecule has 1 rings (SSSR count). The van der Waals surface area contributed by atoms with Crippen molar-refractivity contribution in [3.63, 3.8) is 0 Å². The normalized spacial score (nSPS) is 33.8. The quantitative estimate of drug-likeness (QED) is 0.496. The molecule has 1 N–H and O–H groups in total. The first-order valence-electron chi connectivity index (χ1n) is 3.87. The molecule has 0 bridgehead atoms. The molecule has 1 saturated heterocycles. The summed E-state index contributed by atoms with van der Waals surface area (Å²) in [6.45, 7) is 3.75. The van der Waals surface area contributed by atoms with Gasteiger partial charge in [-0.2, -0.15) is 7.05 Å². The number of rotatable bonds is 1. The number of nitrogens with one attached hydrogen (secondary N) is 1. The molecule has 1 aliphatic rings. The number of likely N-dealkylation sites (tertiary alicyclic amines) is 1. The summed E-state index contributed by atoms with van der Waals surface area (Å²) in [6, 6.07) is 0. The zero-order valence-corrected chi connectivity index (χ0v) is 6.52. The van der Waals surface area contributed by atoms with Crippen LogP contribution in [0.1, 0.15) is 19.8 Å². The van der Waals surface area contributed by atoms with Crippen molar-refractivity contribution in [1.29, 1.82) is 0 Å². The van der Waals surface area contributed by atoms with Crippen molar-refractivity contribution in [2.45, 2.75) is 19.8 Å². The molecule has 0 aliphatic carbocycles. The van der Waals surface area contributed by atoms with Crippen LogP contribution in [0.3, 0.4) is 0 Å². The molecular formula is C8H15NO. The van der Waals surface area contributed by atoms with Gasteiger partial charge in [-0.15, -0.1) is 0 Å². The number of hydrogen-bond acceptors (Lipinski definition) is 1. The van der Waals surface area contributed by atoms with Gasteiger partial charge >= 0.3 is 0 Å². The Bertz CT molecular complexity index is 133. The summed E-state index contributed by atoms with van der Waals surface area (Å²) in [5.74, 6) is 0.627. The molecule has 2 heteroatoms. The highest BCUT2D eigenvalue weighted by Crippen LogP contribution is 2.07.